The molecule has 0 N–H and O–H groups in total. The Hall–Kier alpha value is -4.10. The number of pyridine rings is 2. The van der Waals surface area contributed by atoms with Crippen molar-refractivity contribution in [2.75, 3.05) is 55.7 Å². The van der Waals surface area contributed by atoms with Gasteiger partial charge >= 0.3 is 6.09 Å². The van der Waals surface area contributed by atoms with Crippen molar-refractivity contribution in [1.29, 1.82) is 5.26 Å². The largest absolute Gasteiger partial charge is 0.476 e. The van der Waals surface area contributed by atoms with Crippen LogP contribution in [0.4, 0.5) is 16.3 Å². The fourth-order valence-electron chi connectivity index (χ4n) is 6.07. The van der Waals surface area contributed by atoms with Crippen molar-refractivity contribution in [1.82, 2.24) is 19.8 Å². The molecule has 3 aromatic rings. The van der Waals surface area contributed by atoms with Crippen LogP contribution in [0.5, 0.6) is 5.88 Å². The summed E-state index contributed by atoms with van der Waals surface area (Å²) in [5, 5.41) is 10.6. The van der Waals surface area contributed by atoms with E-state index < -0.39 is 5.60 Å². The van der Waals surface area contributed by atoms with E-state index in [0.717, 1.165) is 47.6 Å². The average Bonchev–Trinajstić information content (AvgIpc) is 3.15. The van der Waals surface area contributed by atoms with Crippen LogP contribution in [-0.4, -0.2) is 89.4 Å². The number of amides is 1. The van der Waals surface area contributed by atoms with Gasteiger partial charge in [0.05, 0.1) is 17.1 Å². The zero-order chi connectivity index (χ0) is 28.7. The molecule has 41 heavy (non-hydrogen) atoms. The number of piperazine rings is 2. The molecular formula is C31H37N7O3. The minimum absolute atomic E-state index is 0.191. The third-order valence-electron chi connectivity index (χ3n) is 8.10. The second-order valence-electron chi connectivity index (χ2n) is 12.1. The van der Waals surface area contributed by atoms with Gasteiger partial charge in [-0.15, -0.1) is 0 Å². The average molecular weight is 556 g/mol. The first-order valence-electron chi connectivity index (χ1n) is 14.3. The molecule has 5 heterocycles. The van der Waals surface area contributed by atoms with Crippen molar-refractivity contribution in [2.24, 2.45) is 0 Å². The molecule has 10 nitrogen and oxygen atoms in total. The van der Waals surface area contributed by atoms with Crippen LogP contribution in [0.15, 0.2) is 42.6 Å². The quantitative estimate of drug-likeness (QED) is 0.464. The molecule has 0 bridgehead atoms. The Kier molecular flexibility index (Phi) is 7.08. The third-order valence-corrected chi connectivity index (χ3v) is 8.10. The predicted octanol–water partition coefficient (Wildman–Crippen LogP) is 4.03. The lowest BCUT2D eigenvalue weighted by atomic mass is 10.0. The summed E-state index contributed by atoms with van der Waals surface area (Å²) >= 11 is 0. The molecule has 0 unspecified atom stereocenters. The molecule has 6 rings (SSSR count). The monoisotopic (exact) mass is 555 g/mol. The Morgan fingerprint density at radius 1 is 1.07 bits per heavy atom. The van der Waals surface area contributed by atoms with E-state index in [0.29, 0.717) is 50.3 Å². The molecule has 0 saturated carbocycles. The number of carbonyl (C=O) groups excluding carboxylic acids is 1. The Bertz CT molecular complexity index is 1490. The Balaban J connectivity index is 1.15. The number of nitriles is 1. The molecule has 3 aliphatic heterocycles. The first-order valence-corrected chi connectivity index (χ1v) is 14.3. The Morgan fingerprint density at radius 2 is 1.88 bits per heavy atom. The maximum atomic E-state index is 12.5. The van der Waals surface area contributed by atoms with Crippen LogP contribution in [0.2, 0.25) is 0 Å². The maximum absolute atomic E-state index is 12.5. The van der Waals surface area contributed by atoms with Gasteiger partial charge in [0.1, 0.15) is 24.1 Å². The van der Waals surface area contributed by atoms with E-state index in [2.05, 4.69) is 44.8 Å². The van der Waals surface area contributed by atoms with Gasteiger partial charge in [0.2, 0.25) is 5.88 Å². The topological polar surface area (TPSA) is 98.1 Å². The second-order valence-corrected chi connectivity index (χ2v) is 12.1. The van der Waals surface area contributed by atoms with Gasteiger partial charge in [-0.25, -0.2) is 4.79 Å². The summed E-state index contributed by atoms with van der Waals surface area (Å²) in [5.74, 6) is 1.57. The molecule has 2 aromatic heterocycles. The number of anilines is 2. The summed E-state index contributed by atoms with van der Waals surface area (Å²) in [6.45, 7) is 13.5. The SMILES string of the molecule is C[C@H]1CN(c2ccc(C#N)c3ncccc23)C[C@H]2COc3nc(N4CCN(C(=O)OC(C)(C)C)CC4)ccc3CN21. The van der Waals surface area contributed by atoms with E-state index in [1.807, 2.05) is 45.0 Å². The molecule has 214 valence electrons. The summed E-state index contributed by atoms with van der Waals surface area (Å²) in [6.07, 6.45) is 1.48. The van der Waals surface area contributed by atoms with E-state index in [1.54, 1.807) is 11.1 Å². The number of carbonyl (C=O) groups is 1. The van der Waals surface area contributed by atoms with Crippen LogP contribution in [0.1, 0.15) is 38.8 Å². The molecule has 2 saturated heterocycles. The van der Waals surface area contributed by atoms with E-state index in [4.69, 9.17) is 14.5 Å². The van der Waals surface area contributed by atoms with Crippen LogP contribution < -0.4 is 14.5 Å². The van der Waals surface area contributed by atoms with Gasteiger partial charge in [0, 0.05) is 74.7 Å². The molecule has 0 aliphatic carbocycles. The molecule has 10 heteroatoms. The first kappa shape index (κ1) is 27.1. The minimum atomic E-state index is -0.501. The van der Waals surface area contributed by atoms with E-state index in [9.17, 15) is 10.1 Å². The van der Waals surface area contributed by atoms with Gasteiger partial charge in [-0.2, -0.15) is 10.2 Å². The fraction of sp³-hybridized carbons (Fsp3) is 0.484. The van der Waals surface area contributed by atoms with Crippen molar-refractivity contribution in [3.05, 3.63) is 53.7 Å². The summed E-state index contributed by atoms with van der Waals surface area (Å²) in [5.41, 5.74) is 3.04. The standard InChI is InChI=1S/C31H37N7O3/c1-21-17-37(26-9-7-22(16-32)28-25(26)6-5-11-33-28)19-24-20-40-29-23(18-38(21)24)8-10-27(34-29)35-12-14-36(15-13-35)30(39)41-31(2,3)4/h5-11,21,24H,12-15,17-20H2,1-4H3/t21-,24-/m0/s1. The summed E-state index contributed by atoms with van der Waals surface area (Å²) in [7, 11) is 0. The van der Waals surface area contributed by atoms with Crippen LogP contribution in [0.3, 0.4) is 0 Å². The van der Waals surface area contributed by atoms with Crippen molar-refractivity contribution in [3.8, 4) is 11.9 Å². The fourth-order valence-corrected chi connectivity index (χ4v) is 6.07. The van der Waals surface area contributed by atoms with Crippen LogP contribution in [0.25, 0.3) is 10.9 Å². The molecule has 2 fully saturated rings. The summed E-state index contributed by atoms with van der Waals surface area (Å²) in [4.78, 5) is 30.8. The van der Waals surface area contributed by atoms with Crippen molar-refractivity contribution in [2.45, 2.75) is 51.9 Å². The highest BCUT2D eigenvalue weighted by atomic mass is 16.6. The molecule has 0 radical (unpaired) electrons. The van der Waals surface area contributed by atoms with Crippen molar-refractivity contribution < 1.29 is 14.3 Å². The molecule has 0 spiro atoms. The van der Waals surface area contributed by atoms with Gasteiger partial charge < -0.3 is 24.2 Å². The highest BCUT2D eigenvalue weighted by molar-refractivity contribution is 5.95. The number of benzene rings is 1. The highest BCUT2D eigenvalue weighted by Gasteiger charge is 2.36. The molecule has 1 amide bonds. The number of hydrogen-bond acceptors (Lipinski definition) is 9. The van der Waals surface area contributed by atoms with Crippen LogP contribution >= 0.6 is 0 Å². The van der Waals surface area contributed by atoms with Gasteiger partial charge in [0.25, 0.3) is 0 Å². The number of nitrogens with zero attached hydrogens (tertiary/aromatic N) is 7. The van der Waals surface area contributed by atoms with Gasteiger partial charge in [0.15, 0.2) is 0 Å². The summed E-state index contributed by atoms with van der Waals surface area (Å²) in [6, 6.07) is 14.9. The number of rotatable bonds is 2. The first-order chi connectivity index (χ1) is 19.7. The third kappa shape index (κ3) is 5.46. The van der Waals surface area contributed by atoms with Crippen molar-refractivity contribution >= 4 is 28.5 Å². The molecule has 1 aromatic carbocycles. The molecule has 3 aliphatic rings. The van der Waals surface area contributed by atoms with E-state index in [1.165, 1.54) is 0 Å². The van der Waals surface area contributed by atoms with Crippen molar-refractivity contribution in [3.63, 3.8) is 0 Å². The predicted molar refractivity (Wildman–Crippen MR) is 157 cm³/mol. The Labute approximate surface area is 241 Å². The molecule has 2 atom stereocenters. The number of hydrogen-bond donors (Lipinski definition) is 0. The number of fused-ring (bicyclic) bond motifs is 3. The second kappa shape index (κ2) is 10.7. The smallest absolute Gasteiger partial charge is 0.410 e. The lowest BCUT2D eigenvalue weighted by Gasteiger charge is -2.45. The maximum Gasteiger partial charge on any atom is 0.410 e. The summed E-state index contributed by atoms with van der Waals surface area (Å²) < 4.78 is 11.9. The number of ether oxygens (including phenoxy) is 2. The Morgan fingerprint density at radius 3 is 2.63 bits per heavy atom. The lowest BCUT2D eigenvalue weighted by molar-refractivity contribution is 0.0240. The molecular weight excluding hydrogens is 518 g/mol. The lowest BCUT2D eigenvalue weighted by Crippen LogP contribution is -2.58. The van der Waals surface area contributed by atoms with Gasteiger partial charge in [-0.05, 0) is 64.1 Å². The highest BCUT2D eigenvalue weighted by Crippen LogP contribution is 2.34. The van der Waals surface area contributed by atoms with Crippen LogP contribution in [-0.2, 0) is 11.3 Å². The van der Waals surface area contributed by atoms with E-state index in [-0.39, 0.29) is 12.1 Å². The normalized spacial score (nSPS) is 21.4. The zero-order valence-corrected chi connectivity index (χ0v) is 24.2. The van der Waals surface area contributed by atoms with E-state index >= 15 is 0 Å². The number of aromatic nitrogens is 2. The zero-order valence-electron chi connectivity index (χ0n) is 24.2. The van der Waals surface area contributed by atoms with Crippen LogP contribution in [0, 0.1) is 11.3 Å². The van der Waals surface area contributed by atoms with Gasteiger partial charge in [-0.3, -0.25) is 9.88 Å². The minimum Gasteiger partial charge on any atom is -0.476 e. The van der Waals surface area contributed by atoms with Gasteiger partial charge in [-0.1, -0.05) is 0 Å².